The van der Waals surface area contributed by atoms with Gasteiger partial charge in [0.1, 0.15) is 5.75 Å². The standard InChI is InChI=1S/C25H22Cl2N4O6/c1-35-20-5-3-4-18(12-20)30-24(33)25(34)31-28-13-15-6-7-21(22(8-15)36-2)37-14-23(32)29-19-10-16(26)9-17(27)11-19/h3-13H,14H2,1-2H3,(H,29,32)(H,30,33)(H,31,34)/b28-13+. The molecule has 37 heavy (non-hydrogen) atoms. The van der Waals surface area contributed by atoms with Gasteiger partial charge >= 0.3 is 11.8 Å². The molecular weight excluding hydrogens is 523 g/mol. The number of anilines is 2. The van der Waals surface area contributed by atoms with Gasteiger partial charge in [0, 0.05) is 27.5 Å². The molecule has 0 aliphatic carbocycles. The largest absolute Gasteiger partial charge is 0.497 e. The van der Waals surface area contributed by atoms with Crippen molar-refractivity contribution in [3.05, 3.63) is 76.3 Å². The molecule has 3 N–H and O–H groups in total. The van der Waals surface area contributed by atoms with Crippen LogP contribution in [0.4, 0.5) is 11.4 Å². The van der Waals surface area contributed by atoms with Gasteiger partial charge in [-0.1, -0.05) is 29.3 Å². The van der Waals surface area contributed by atoms with Gasteiger partial charge in [0.15, 0.2) is 18.1 Å². The Morgan fingerprint density at radius 3 is 2.30 bits per heavy atom. The molecule has 0 aliphatic rings. The third kappa shape index (κ3) is 8.41. The van der Waals surface area contributed by atoms with Crippen molar-refractivity contribution in [1.29, 1.82) is 0 Å². The van der Waals surface area contributed by atoms with Crippen LogP contribution in [-0.2, 0) is 14.4 Å². The highest BCUT2D eigenvalue weighted by Crippen LogP contribution is 2.28. The number of hydrazone groups is 1. The third-order valence-corrected chi connectivity index (χ3v) is 5.04. The van der Waals surface area contributed by atoms with Crippen LogP contribution >= 0.6 is 23.2 Å². The van der Waals surface area contributed by atoms with Gasteiger partial charge in [0.25, 0.3) is 5.91 Å². The van der Waals surface area contributed by atoms with E-state index in [1.807, 2.05) is 0 Å². The first-order valence-electron chi connectivity index (χ1n) is 10.6. The lowest BCUT2D eigenvalue weighted by molar-refractivity contribution is -0.136. The number of nitrogens with zero attached hydrogens (tertiary/aromatic N) is 1. The molecule has 3 aromatic carbocycles. The first-order chi connectivity index (χ1) is 17.8. The van der Waals surface area contributed by atoms with Crippen LogP contribution in [0, 0.1) is 0 Å². The summed E-state index contributed by atoms with van der Waals surface area (Å²) in [5, 5.41) is 9.64. The highest BCUT2D eigenvalue weighted by molar-refractivity contribution is 6.39. The summed E-state index contributed by atoms with van der Waals surface area (Å²) in [6, 6.07) is 16.0. The van der Waals surface area contributed by atoms with Crippen molar-refractivity contribution in [2.24, 2.45) is 5.10 Å². The second kappa shape index (κ2) is 13.1. The van der Waals surface area contributed by atoms with E-state index in [2.05, 4.69) is 21.2 Å². The van der Waals surface area contributed by atoms with Gasteiger partial charge in [-0.05, 0) is 54.1 Å². The van der Waals surface area contributed by atoms with Crippen LogP contribution in [0.3, 0.4) is 0 Å². The van der Waals surface area contributed by atoms with E-state index in [1.165, 1.54) is 20.4 Å². The topological polar surface area (TPSA) is 127 Å². The molecule has 0 spiro atoms. The first-order valence-corrected chi connectivity index (χ1v) is 11.4. The van der Waals surface area contributed by atoms with Crippen LogP contribution in [0.15, 0.2) is 65.8 Å². The number of hydrogen-bond donors (Lipinski definition) is 3. The average molecular weight is 545 g/mol. The Labute approximate surface area is 222 Å². The van der Waals surface area contributed by atoms with Crippen LogP contribution < -0.4 is 30.3 Å². The maximum Gasteiger partial charge on any atom is 0.329 e. The molecule has 0 saturated heterocycles. The number of halogens is 2. The molecule has 0 fully saturated rings. The Bertz CT molecular complexity index is 1310. The fourth-order valence-electron chi connectivity index (χ4n) is 2.95. The fraction of sp³-hybridized carbons (Fsp3) is 0.120. The SMILES string of the molecule is COc1cccc(NC(=O)C(=O)N/N=C/c2ccc(OCC(=O)Nc3cc(Cl)cc(Cl)c3)c(OC)c2)c1. The van der Waals surface area contributed by atoms with Crippen molar-refractivity contribution >= 4 is 58.5 Å². The van der Waals surface area contributed by atoms with Crippen LogP contribution in [0.2, 0.25) is 10.0 Å². The van der Waals surface area contributed by atoms with Crippen molar-refractivity contribution in [1.82, 2.24) is 5.43 Å². The minimum atomic E-state index is -0.960. The third-order valence-electron chi connectivity index (χ3n) is 4.61. The molecular formula is C25H22Cl2N4O6. The molecule has 3 rings (SSSR count). The van der Waals surface area contributed by atoms with Crippen LogP contribution in [0.5, 0.6) is 17.2 Å². The first kappa shape index (κ1) is 27.3. The molecule has 0 bridgehead atoms. The monoisotopic (exact) mass is 544 g/mol. The minimum absolute atomic E-state index is 0.299. The second-order valence-electron chi connectivity index (χ2n) is 7.29. The second-order valence-corrected chi connectivity index (χ2v) is 8.16. The van der Waals surface area contributed by atoms with Crippen molar-refractivity contribution in [2.45, 2.75) is 0 Å². The van der Waals surface area contributed by atoms with Gasteiger partial charge in [-0.2, -0.15) is 5.10 Å². The molecule has 0 aromatic heterocycles. The van der Waals surface area contributed by atoms with Crippen LogP contribution in [0.1, 0.15) is 5.56 Å². The van der Waals surface area contributed by atoms with Gasteiger partial charge in [-0.3, -0.25) is 14.4 Å². The van der Waals surface area contributed by atoms with Gasteiger partial charge in [-0.15, -0.1) is 0 Å². The van der Waals surface area contributed by atoms with E-state index < -0.39 is 17.7 Å². The number of nitrogens with one attached hydrogen (secondary N) is 3. The molecule has 0 unspecified atom stereocenters. The van der Waals surface area contributed by atoms with Crippen molar-refractivity contribution in [2.75, 3.05) is 31.5 Å². The predicted octanol–water partition coefficient (Wildman–Crippen LogP) is 4.12. The quantitative estimate of drug-likeness (QED) is 0.211. The molecule has 0 radical (unpaired) electrons. The Morgan fingerprint density at radius 1 is 0.838 bits per heavy atom. The summed E-state index contributed by atoms with van der Waals surface area (Å²) >= 11 is 11.9. The van der Waals surface area contributed by atoms with Gasteiger partial charge in [-0.25, -0.2) is 5.43 Å². The molecule has 0 heterocycles. The van der Waals surface area contributed by atoms with E-state index in [4.69, 9.17) is 37.4 Å². The summed E-state index contributed by atoms with van der Waals surface area (Å²) in [5.41, 5.74) is 3.52. The zero-order valence-corrected chi connectivity index (χ0v) is 21.2. The van der Waals surface area contributed by atoms with E-state index in [1.54, 1.807) is 60.7 Å². The molecule has 12 heteroatoms. The Hall–Kier alpha value is -4.28. The normalized spacial score (nSPS) is 10.5. The average Bonchev–Trinajstić information content (AvgIpc) is 2.87. The number of rotatable bonds is 9. The molecule has 0 atom stereocenters. The summed E-state index contributed by atoms with van der Waals surface area (Å²) in [5.74, 6) is -1.13. The number of benzene rings is 3. The van der Waals surface area contributed by atoms with E-state index in [-0.39, 0.29) is 6.61 Å². The lowest BCUT2D eigenvalue weighted by atomic mass is 10.2. The highest BCUT2D eigenvalue weighted by Gasteiger charge is 2.13. The van der Waals surface area contributed by atoms with Gasteiger partial charge < -0.3 is 24.8 Å². The summed E-state index contributed by atoms with van der Waals surface area (Å²) in [7, 11) is 2.92. The Kier molecular flexibility index (Phi) is 9.70. The van der Waals surface area contributed by atoms with E-state index in [0.29, 0.717) is 44.2 Å². The number of carbonyl (C=O) groups excluding carboxylic acids is 3. The molecule has 0 aliphatic heterocycles. The molecule has 0 saturated carbocycles. The number of amides is 3. The number of ether oxygens (including phenoxy) is 3. The zero-order chi connectivity index (χ0) is 26.8. The van der Waals surface area contributed by atoms with E-state index in [0.717, 1.165) is 0 Å². The van der Waals surface area contributed by atoms with Crippen molar-refractivity contribution < 1.29 is 28.6 Å². The summed E-state index contributed by atoms with van der Waals surface area (Å²) in [6.45, 7) is -0.299. The van der Waals surface area contributed by atoms with Crippen molar-refractivity contribution in [3.8, 4) is 17.2 Å². The maximum absolute atomic E-state index is 12.2. The van der Waals surface area contributed by atoms with Crippen LogP contribution in [0.25, 0.3) is 0 Å². The lowest BCUT2D eigenvalue weighted by Gasteiger charge is -2.12. The highest BCUT2D eigenvalue weighted by atomic mass is 35.5. The summed E-state index contributed by atoms with van der Waals surface area (Å²) < 4.78 is 15.9. The number of methoxy groups -OCH3 is 2. The Balaban J connectivity index is 1.53. The van der Waals surface area contributed by atoms with Crippen molar-refractivity contribution in [3.63, 3.8) is 0 Å². The molecule has 192 valence electrons. The lowest BCUT2D eigenvalue weighted by Crippen LogP contribution is -2.32. The number of hydrogen-bond acceptors (Lipinski definition) is 7. The molecule has 3 amide bonds. The summed E-state index contributed by atoms with van der Waals surface area (Å²) in [4.78, 5) is 36.3. The fourth-order valence-corrected chi connectivity index (χ4v) is 3.48. The molecule has 10 nitrogen and oxygen atoms in total. The van der Waals surface area contributed by atoms with E-state index in [9.17, 15) is 14.4 Å². The zero-order valence-electron chi connectivity index (χ0n) is 19.7. The predicted molar refractivity (Wildman–Crippen MR) is 141 cm³/mol. The smallest absolute Gasteiger partial charge is 0.329 e. The molecule has 3 aromatic rings. The Morgan fingerprint density at radius 2 is 1.59 bits per heavy atom. The summed E-state index contributed by atoms with van der Waals surface area (Å²) in [6.07, 6.45) is 1.32. The minimum Gasteiger partial charge on any atom is -0.497 e. The maximum atomic E-state index is 12.2. The number of carbonyl (C=O) groups is 3. The van der Waals surface area contributed by atoms with E-state index >= 15 is 0 Å². The van der Waals surface area contributed by atoms with Gasteiger partial charge in [0.2, 0.25) is 0 Å². The van der Waals surface area contributed by atoms with Gasteiger partial charge in [0.05, 0.1) is 20.4 Å². The van der Waals surface area contributed by atoms with Crippen LogP contribution in [-0.4, -0.2) is 44.8 Å².